The van der Waals surface area contributed by atoms with Crippen molar-refractivity contribution >= 4 is 41.0 Å². The summed E-state index contributed by atoms with van der Waals surface area (Å²) < 4.78 is -0.155. The molecule has 6 nitrogen and oxygen atoms in total. The molecule has 2 atom stereocenters. The van der Waals surface area contributed by atoms with Crippen LogP contribution < -0.4 is 10.2 Å². The van der Waals surface area contributed by atoms with Crippen molar-refractivity contribution in [2.45, 2.75) is 19.5 Å². The van der Waals surface area contributed by atoms with Gasteiger partial charge in [0.25, 0.3) is 0 Å². The molecular formula is C18H19Cl2N4O2+. The van der Waals surface area contributed by atoms with Crippen molar-refractivity contribution in [3.8, 4) is 0 Å². The van der Waals surface area contributed by atoms with Gasteiger partial charge in [-0.1, -0.05) is 35.3 Å². The SMILES string of the molecule is Cc1cccnc1[N+]1(Cc2ccc(Cl)cc2Cl)CC(C(N)=O)N(C)C1=O. The quantitative estimate of drug-likeness (QED) is 0.810. The molecule has 2 unspecified atom stereocenters. The van der Waals surface area contributed by atoms with Crippen molar-refractivity contribution in [3.63, 3.8) is 0 Å². The number of nitrogens with zero attached hydrogens (tertiary/aromatic N) is 3. The van der Waals surface area contributed by atoms with E-state index in [0.29, 0.717) is 15.9 Å². The average Bonchev–Trinajstić information content (AvgIpc) is 2.84. The lowest BCUT2D eigenvalue weighted by Crippen LogP contribution is -2.52. The normalized spacial score (nSPS) is 22.7. The van der Waals surface area contributed by atoms with Crippen molar-refractivity contribution in [2.75, 3.05) is 13.6 Å². The number of benzene rings is 1. The molecule has 1 saturated heterocycles. The van der Waals surface area contributed by atoms with E-state index in [2.05, 4.69) is 4.98 Å². The van der Waals surface area contributed by atoms with Crippen molar-refractivity contribution in [1.82, 2.24) is 14.4 Å². The molecule has 1 aliphatic rings. The van der Waals surface area contributed by atoms with Crippen LogP contribution in [0, 0.1) is 6.92 Å². The molecule has 26 heavy (non-hydrogen) atoms. The van der Waals surface area contributed by atoms with E-state index in [1.54, 1.807) is 37.5 Å². The van der Waals surface area contributed by atoms with Crippen molar-refractivity contribution < 1.29 is 9.59 Å². The summed E-state index contributed by atoms with van der Waals surface area (Å²) in [5.74, 6) is 0.0377. The molecule has 1 aromatic carbocycles. The molecule has 0 spiro atoms. The second-order valence-electron chi connectivity index (χ2n) is 6.50. The summed E-state index contributed by atoms with van der Waals surface area (Å²) in [5.41, 5.74) is 7.12. The van der Waals surface area contributed by atoms with E-state index in [9.17, 15) is 9.59 Å². The molecule has 0 saturated carbocycles. The number of pyridine rings is 1. The summed E-state index contributed by atoms with van der Waals surface area (Å²) in [5, 5.41) is 0.973. The summed E-state index contributed by atoms with van der Waals surface area (Å²) >= 11 is 12.3. The molecule has 8 heteroatoms. The van der Waals surface area contributed by atoms with Gasteiger partial charge >= 0.3 is 6.03 Å². The number of amides is 3. The third kappa shape index (κ3) is 3.05. The fraction of sp³-hybridized carbons (Fsp3) is 0.278. The number of nitrogens with two attached hydrogens (primary N) is 1. The van der Waals surface area contributed by atoms with Crippen LogP contribution in [0.1, 0.15) is 11.1 Å². The van der Waals surface area contributed by atoms with Gasteiger partial charge in [0.1, 0.15) is 13.1 Å². The Bertz CT molecular complexity index is 889. The lowest BCUT2D eigenvalue weighted by molar-refractivity contribution is -0.121. The second-order valence-corrected chi connectivity index (χ2v) is 7.34. The number of primary amides is 1. The Hall–Kier alpha value is -2.15. The maximum absolute atomic E-state index is 13.3. The number of hydrogen-bond acceptors (Lipinski definition) is 3. The van der Waals surface area contributed by atoms with Gasteiger partial charge < -0.3 is 5.73 Å². The molecule has 1 aliphatic heterocycles. The fourth-order valence-corrected chi connectivity index (χ4v) is 3.93. The van der Waals surface area contributed by atoms with Crippen molar-refractivity contribution in [3.05, 3.63) is 57.7 Å². The monoisotopic (exact) mass is 393 g/mol. The van der Waals surface area contributed by atoms with Crippen molar-refractivity contribution in [2.24, 2.45) is 5.73 Å². The zero-order valence-corrected chi connectivity index (χ0v) is 16.0. The predicted octanol–water partition coefficient (Wildman–Crippen LogP) is 3.12. The zero-order chi connectivity index (χ0) is 19.1. The highest BCUT2D eigenvalue weighted by Crippen LogP contribution is 2.36. The molecule has 3 rings (SSSR count). The first-order valence-electron chi connectivity index (χ1n) is 8.06. The Kier molecular flexibility index (Phi) is 4.92. The van der Waals surface area contributed by atoms with Gasteiger partial charge in [0.05, 0.1) is 5.02 Å². The minimum Gasteiger partial charge on any atom is -0.368 e. The number of likely N-dealkylation sites (N-methyl/N-ethyl adjacent to an activating group) is 1. The van der Waals surface area contributed by atoms with E-state index in [4.69, 9.17) is 28.9 Å². The van der Waals surface area contributed by atoms with E-state index in [-0.39, 0.29) is 23.6 Å². The summed E-state index contributed by atoms with van der Waals surface area (Å²) in [6.45, 7) is 2.33. The zero-order valence-electron chi connectivity index (χ0n) is 14.4. The summed E-state index contributed by atoms with van der Waals surface area (Å²) in [7, 11) is 1.58. The maximum atomic E-state index is 13.3. The lowest BCUT2D eigenvalue weighted by atomic mass is 10.1. The van der Waals surface area contributed by atoms with Crippen LogP contribution in [0.5, 0.6) is 0 Å². The van der Waals surface area contributed by atoms with Crippen LogP contribution in [0.15, 0.2) is 36.5 Å². The number of halogens is 2. The number of rotatable bonds is 4. The minimum absolute atomic E-state index is 0.155. The number of carbonyl (C=O) groups excluding carboxylic acids is 2. The first kappa shape index (κ1) is 18.6. The van der Waals surface area contributed by atoms with Crippen LogP contribution in [0.25, 0.3) is 0 Å². The molecule has 2 aromatic rings. The highest BCUT2D eigenvalue weighted by molar-refractivity contribution is 6.35. The molecule has 0 aliphatic carbocycles. The highest BCUT2D eigenvalue weighted by Gasteiger charge is 2.56. The van der Waals surface area contributed by atoms with Crippen LogP contribution in [-0.4, -0.2) is 41.5 Å². The van der Waals surface area contributed by atoms with Crippen LogP contribution >= 0.6 is 23.2 Å². The van der Waals surface area contributed by atoms with Gasteiger partial charge in [0.15, 0.2) is 6.04 Å². The molecule has 1 fully saturated rings. The Labute approximate surface area is 161 Å². The number of urea groups is 1. The Morgan fingerprint density at radius 2 is 2.12 bits per heavy atom. The third-order valence-corrected chi connectivity index (χ3v) is 5.38. The number of hydrogen-bond donors (Lipinski definition) is 1. The number of carbonyl (C=O) groups is 2. The fourth-order valence-electron chi connectivity index (χ4n) is 3.46. The predicted molar refractivity (Wildman–Crippen MR) is 102 cm³/mol. The van der Waals surface area contributed by atoms with E-state index in [0.717, 1.165) is 11.1 Å². The molecular weight excluding hydrogens is 375 g/mol. The van der Waals surface area contributed by atoms with Crippen LogP contribution in [0.4, 0.5) is 10.6 Å². The molecule has 1 aromatic heterocycles. The second kappa shape index (κ2) is 6.87. The Morgan fingerprint density at radius 1 is 1.38 bits per heavy atom. The van der Waals surface area contributed by atoms with Crippen LogP contribution in [0.2, 0.25) is 10.0 Å². The van der Waals surface area contributed by atoms with Crippen LogP contribution in [-0.2, 0) is 11.3 Å². The Morgan fingerprint density at radius 3 is 2.69 bits per heavy atom. The number of quaternary nitrogens is 1. The molecule has 3 amide bonds. The lowest BCUT2D eigenvalue weighted by Gasteiger charge is -2.30. The highest BCUT2D eigenvalue weighted by atomic mass is 35.5. The van der Waals surface area contributed by atoms with Gasteiger partial charge in [0.2, 0.25) is 11.7 Å². The number of aryl methyl sites for hydroxylation is 1. The summed E-state index contributed by atoms with van der Waals surface area (Å²) in [6.07, 6.45) is 1.64. The van der Waals surface area contributed by atoms with Gasteiger partial charge in [-0.15, -0.1) is 0 Å². The van der Waals surface area contributed by atoms with Crippen LogP contribution in [0.3, 0.4) is 0 Å². The van der Waals surface area contributed by atoms with Gasteiger partial charge in [0, 0.05) is 29.4 Å². The summed E-state index contributed by atoms with van der Waals surface area (Å²) in [6, 6.07) is 7.87. The first-order chi connectivity index (χ1) is 12.3. The van der Waals surface area contributed by atoms with Gasteiger partial charge in [-0.3, -0.25) is 9.69 Å². The van der Waals surface area contributed by atoms with E-state index in [1.807, 2.05) is 13.0 Å². The largest absolute Gasteiger partial charge is 0.426 e. The van der Waals surface area contributed by atoms with Gasteiger partial charge in [-0.05, 0) is 25.1 Å². The number of aromatic nitrogens is 1. The van der Waals surface area contributed by atoms with E-state index >= 15 is 0 Å². The molecule has 2 heterocycles. The average molecular weight is 394 g/mol. The smallest absolute Gasteiger partial charge is 0.368 e. The van der Waals surface area contributed by atoms with Gasteiger partial charge in [-0.25, -0.2) is 9.78 Å². The molecule has 136 valence electrons. The third-order valence-electron chi connectivity index (χ3n) is 4.79. The standard InChI is InChI=1S/C18H18Cl2N4O2/c1-11-4-3-7-22-17(11)24(9-12-5-6-13(19)8-14(12)20)10-15(16(21)25)23(2)18(24)26/h3-8,15H,9-10H2,1-2H3,(H-,21,25)/p+1. The van der Waals surface area contributed by atoms with Gasteiger partial charge in [-0.2, -0.15) is 4.48 Å². The topological polar surface area (TPSA) is 76.3 Å². The molecule has 0 bridgehead atoms. The van der Waals surface area contributed by atoms with E-state index in [1.165, 1.54) is 4.90 Å². The molecule has 0 radical (unpaired) electrons. The first-order valence-corrected chi connectivity index (χ1v) is 8.82. The van der Waals surface area contributed by atoms with Crippen molar-refractivity contribution in [1.29, 1.82) is 0 Å². The summed E-state index contributed by atoms with van der Waals surface area (Å²) in [4.78, 5) is 31.0. The molecule has 2 N–H and O–H groups in total. The van der Waals surface area contributed by atoms with E-state index < -0.39 is 11.9 Å². The minimum atomic E-state index is -0.713. The Balaban J connectivity index is 2.16. The maximum Gasteiger partial charge on any atom is 0.426 e.